The molecule has 0 radical (unpaired) electrons. The number of ether oxygens (including phenoxy) is 1. The van der Waals surface area contributed by atoms with Gasteiger partial charge in [-0.3, -0.25) is 4.79 Å². The van der Waals surface area contributed by atoms with Crippen LogP contribution in [0, 0.1) is 6.92 Å². The number of halogens is 3. The molecule has 1 aromatic carbocycles. The van der Waals surface area contributed by atoms with Crippen LogP contribution in [0.3, 0.4) is 0 Å². The number of hydrogen-bond acceptors (Lipinski definition) is 5. The molecular weight excluding hydrogens is 353 g/mol. The van der Waals surface area contributed by atoms with Gasteiger partial charge < -0.3 is 19.8 Å². The zero-order valence-corrected chi connectivity index (χ0v) is 14.0. The minimum Gasteiger partial charge on any atom is -0.463 e. The highest BCUT2D eigenvalue weighted by atomic mass is 19.4. The van der Waals surface area contributed by atoms with Crippen LogP contribution in [0.2, 0.25) is 0 Å². The lowest BCUT2D eigenvalue weighted by molar-refractivity contribution is -0.204. The topological polar surface area (TPSA) is 80.6 Å². The van der Waals surface area contributed by atoms with Crippen LogP contribution in [0.5, 0.6) is 0 Å². The maximum absolute atomic E-state index is 13.9. The number of rotatable bonds is 6. The van der Waals surface area contributed by atoms with Crippen molar-refractivity contribution < 1.29 is 31.9 Å². The lowest BCUT2D eigenvalue weighted by Crippen LogP contribution is -2.69. The van der Waals surface area contributed by atoms with Gasteiger partial charge in [0.25, 0.3) is 5.91 Å². The minimum absolute atomic E-state index is 0.0184. The fourth-order valence-corrected chi connectivity index (χ4v) is 2.21. The number of amides is 1. The van der Waals surface area contributed by atoms with Crippen LogP contribution in [0.15, 0.2) is 47.1 Å². The number of alkyl halides is 3. The summed E-state index contributed by atoms with van der Waals surface area (Å²) in [7, 11) is 0. The first-order chi connectivity index (χ1) is 12.2. The predicted molar refractivity (Wildman–Crippen MR) is 86.4 cm³/mol. The molecule has 0 aliphatic carbocycles. The van der Waals surface area contributed by atoms with E-state index in [1.165, 1.54) is 37.3 Å². The number of carbonyl (C=O) groups excluding carboxylic acids is 2. The van der Waals surface area contributed by atoms with Gasteiger partial charge in [-0.05, 0) is 43.7 Å². The van der Waals surface area contributed by atoms with Crippen LogP contribution in [0.4, 0.5) is 18.9 Å². The Kier molecular flexibility index (Phi) is 5.59. The Bertz CT molecular complexity index is 775. The summed E-state index contributed by atoms with van der Waals surface area (Å²) in [6.45, 7) is 2.73. The predicted octanol–water partition coefficient (Wildman–Crippen LogP) is 3.25. The molecule has 0 saturated carbocycles. The highest BCUT2D eigenvalue weighted by molar-refractivity contribution is 5.97. The number of benzene rings is 1. The molecule has 1 heterocycles. The Morgan fingerprint density at radius 1 is 1.19 bits per heavy atom. The molecular formula is C17H17F3N2O4. The van der Waals surface area contributed by atoms with Crippen LogP contribution in [0.25, 0.3) is 0 Å². The molecule has 9 heteroatoms. The summed E-state index contributed by atoms with van der Waals surface area (Å²) >= 11 is 0. The van der Waals surface area contributed by atoms with Gasteiger partial charge in [0.15, 0.2) is 5.76 Å². The molecule has 0 fully saturated rings. The van der Waals surface area contributed by atoms with Gasteiger partial charge in [0.05, 0.1) is 12.9 Å². The molecule has 6 nitrogen and oxygen atoms in total. The molecule has 1 aromatic heterocycles. The van der Waals surface area contributed by atoms with E-state index < -0.39 is 23.7 Å². The van der Waals surface area contributed by atoms with Crippen molar-refractivity contribution in [3.05, 3.63) is 54.0 Å². The van der Waals surface area contributed by atoms with E-state index in [0.29, 0.717) is 5.56 Å². The second kappa shape index (κ2) is 7.51. The van der Waals surface area contributed by atoms with Gasteiger partial charge in [-0.2, -0.15) is 13.2 Å². The maximum Gasteiger partial charge on any atom is 0.441 e. The van der Waals surface area contributed by atoms with Crippen LogP contribution in [-0.2, 0) is 9.53 Å². The second-order valence-electron chi connectivity index (χ2n) is 5.39. The van der Waals surface area contributed by atoms with E-state index in [1.54, 1.807) is 18.3 Å². The first kappa shape index (κ1) is 19.4. The third-order valence-corrected chi connectivity index (χ3v) is 3.40. The zero-order chi connectivity index (χ0) is 19.4. The molecule has 0 saturated heterocycles. The van der Waals surface area contributed by atoms with Crippen molar-refractivity contribution in [1.29, 1.82) is 0 Å². The van der Waals surface area contributed by atoms with E-state index in [2.05, 4.69) is 10.1 Å². The van der Waals surface area contributed by atoms with Gasteiger partial charge in [-0.15, -0.1) is 0 Å². The number of hydrogen-bond donors (Lipinski definition) is 2. The van der Waals surface area contributed by atoms with Crippen molar-refractivity contribution in [1.82, 2.24) is 5.32 Å². The van der Waals surface area contributed by atoms with E-state index in [0.717, 1.165) is 6.26 Å². The monoisotopic (exact) mass is 370 g/mol. The Hall–Kier alpha value is -2.97. The van der Waals surface area contributed by atoms with Crippen molar-refractivity contribution in [3.63, 3.8) is 0 Å². The van der Waals surface area contributed by atoms with Gasteiger partial charge >= 0.3 is 17.8 Å². The van der Waals surface area contributed by atoms with Crippen molar-refractivity contribution in [3.8, 4) is 0 Å². The Labute approximate surface area is 147 Å². The summed E-state index contributed by atoms with van der Waals surface area (Å²) < 4.78 is 51.2. The Balaban J connectivity index is 2.49. The fraction of sp³-hybridized carbons (Fsp3) is 0.294. The SMILES string of the molecule is CCOC(=O)C(NC(=O)c1ccco1)(Nc1cccc(C)c1)C(F)(F)F. The molecule has 0 spiro atoms. The van der Waals surface area contributed by atoms with E-state index in [4.69, 9.17) is 4.42 Å². The number of furan rings is 1. The van der Waals surface area contributed by atoms with Crippen LogP contribution in [-0.4, -0.2) is 30.3 Å². The van der Waals surface area contributed by atoms with Gasteiger partial charge in [0.2, 0.25) is 0 Å². The molecule has 2 N–H and O–H groups in total. The lowest BCUT2D eigenvalue weighted by Gasteiger charge is -2.35. The summed E-state index contributed by atoms with van der Waals surface area (Å²) in [6.07, 6.45) is -4.08. The second-order valence-corrected chi connectivity index (χ2v) is 5.39. The smallest absolute Gasteiger partial charge is 0.441 e. The standard InChI is InChI=1S/C17H17F3N2O4/c1-3-25-15(24)16(17(18,19)20,21-12-7-4-6-11(2)10-12)22-14(23)13-8-5-9-26-13/h4-10,21H,3H2,1-2H3,(H,22,23). The number of carbonyl (C=O) groups is 2. The first-order valence-corrected chi connectivity index (χ1v) is 7.64. The lowest BCUT2D eigenvalue weighted by atomic mass is 10.1. The first-order valence-electron chi connectivity index (χ1n) is 7.64. The molecule has 0 aliphatic rings. The molecule has 1 amide bonds. The van der Waals surface area contributed by atoms with Crippen LogP contribution in [0.1, 0.15) is 23.0 Å². The average molecular weight is 370 g/mol. The van der Waals surface area contributed by atoms with Gasteiger partial charge in [-0.1, -0.05) is 12.1 Å². The zero-order valence-electron chi connectivity index (χ0n) is 14.0. The van der Waals surface area contributed by atoms with Crippen molar-refractivity contribution >= 4 is 17.6 Å². The molecule has 26 heavy (non-hydrogen) atoms. The van der Waals surface area contributed by atoms with Crippen molar-refractivity contribution in [2.75, 3.05) is 11.9 Å². The third kappa shape index (κ3) is 3.98. The molecule has 2 rings (SSSR count). The largest absolute Gasteiger partial charge is 0.463 e. The van der Waals surface area contributed by atoms with Crippen molar-refractivity contribution in [2.45, 2.75) is 25.7 Å². The maximum atomic E-state index is 13.9. The Morgan fingerprint density at radius 2 is 1.92 bits per heavy atom. The number of nitrogens with one attached hydrogen (secondary N) is 2. The summed E-state index contributed by atoms with van der Waals surface area (Å²) in [6, 6.07) is 8.44. The van der Waals surface area contributed by atoms with Crippen LogP contribution >= 0.6 is 0 Å². The average Bonchev–Trinajstić information content (AvgIpc) is 3.07. The quantitative estimate of drug-likeness (QED) is 0.603. The highest BCUT2D eigenvalue weighted by Gasteiger charge is 2.63. The summed E-state index contributed by atoms with van der Waals surface area (Å²) in [5.41, 5.74) is -2.84. The van der Waals surface area contributed by atoms with E-state index in [9.17, 15) is 22.8 Å². The molecule has 1 atom stereocenters. The van der Waals surface area contributed by atoms with Crippen molar-refractivity contribution in [2.24, 2.45) is 0 Å². The Morgan fingerprint density at radius 3 is 2.46 bits per heavy atom. The van der Waals surface area contributed by atoms with Crippen LogP contribution < -0.4 is 10.6 Å². The summed E-state index contributed by atoms with van der Waals surface area (Å²) in [5.74, 6) is -3.29. The van der Waals surface area contributed by atoms with Gasteiger partial charge in [0.1, 0.15) is 0 Å². The summed E-state index contributed by atoms with van der Waals surface area (Å²) in [5, 5.41) is 3.76. The third-order valence-electron chi connectivity index (χ3n) is 3.40. The molecule has 140 valence electrons. The highest BCUT2D eigenvalue weighted by Crippen LogP contribution is 2.33. The van der Waals surface area contributed by atoms with Gasteiger partial charge in [-0.25, -0.2) is 4.79 Å². The van der Waals surface area contributed by atoms with E-state index in [-0.39, 0.29) is 18.1 Å². The molecule has 0 aliphatic heterocycles. The van der Waals surface area contributed by atoms with E-state index >= 15 is 0 Å². The minimum atomic E-state index is -5.20. The normalized spacial score (nSPS) is 13.6. The number of aryl methyl sites for hydroxylation is 1. The van der Waals surface area contributed by atoms with E-state index in [1.807, 2.05) is 0 Å². The number of anilines is 1. The molecule has 2 aromatic rings. The fourth-order valence-electron chi connectivity index (χ4n) is 2.21. The van der Waals surface area contributed by atoms with Gasteiger partial charge in [0, 0.05) is 5.69 Å². The molecule has 1 unspecified atom stereocenters. The summed E-state index contributed by atoms with van der Waals surface area (Å²) in [4.78, 5) is 24.4. The number of esters is 1. The molecule has 0 bridgehead atoms.